The van der Waals surface area contributed by atoms with E-state index in [4.69, 9.17) is 5.73 Å². The standard InChI is InChI=1S/C14H20N2O3/c1-10(14(18)19-2)16-13(17)12(15)9-8-11-6-4-3-5-7-11/h3-7,10,12H,8-9,15H2,1-2H3,(H,16,17)/t10-,12?/m0/s1. The van der Waals surface area contributed by atoms with Gasteiger partial charge in [0.05, 0.1) is 13.2 Å². The lowest BCUT2D eigenvalue weighted by atomic mass is 10.1. The second-order valence-electron chi connectivity index (χ2n) is 4.38. The van der Waals surface area contributed by atoms with Gasteiger partial charge in [-0.3, -0.25) is 4.79 Å². The molecule has 5 nitrogen and oxygen atoms in total. The SMILES string of the molecule is COC(=O)[C@H](C)NC(=O)C(N)CCc1ccccc1. The molecule has 0 heterocycles. The lowest BCUT2D eigenvalue weighted by Gasteiger charge is -2.15. The molecule has 0 aliphatic rings. The molecule has 0 aliphatic carbocycles. The Bertz CT molecular complexity index is 420. The lowest BCUT2D eigenvalue weighted by Crippen LogP contribution is -2.47. The third-order valence-corrected chi connectivity index (χ3v) is 2.84. The number of esters is 1. The van der Waals surface area contributed by atoms with Crippen molar-refractivity contribution in [3.05, 3.63) is 35.9 Å². The van der Waals surface area contributed by atoms with Crippen molar-refractivity contribution in [1.82, 2.24) is 5.32 Å². The van der Waals surface area contributed by atoms with Gasteiger partial charge in [-0.15, -0.1) is 0 Å². The van der Waals surface area contributed by atoms with Gasteiger partial charge in [0.2, 0.25) is 5.91 Å². The maximum Gasteiger partial charge on any atom is 0.328 e. The van der Waals surface area contributed by atoms with Crippen LogP contribution in [0.2, 0.25) is 0 Å². The third kappa shape index (κ3) is 5.09. The molecule has 0 saturated heterocycles. The fourth-order valence-corrected chi connectivity index (χ4v) is 1.65. The summed E-state index contributed by atoms with van der Waals surface area (Å²) in [4.78, 5) is 22.9. The lowest BCUT2D eigenvalue weighted by molar-refractivity contribution is -0.144. The summed E-state index contributed by atoms with van der Waals surface area (Å²) in [5.74, 6) is -0.822. The van der Waals surface area contributed by atoms with Crippen LogP contribution in [0.4, 0.5) is 0 Å². The van der Waals surface area contributed by atoms with Crippen molar-refractivity contribution in [2.24, 2.45) is 5.73 Å². The van der Waals surface area contributed by atoms with Gasteiger partial charge < -0.3 is 15.8 Å². The number of nitrogens with one attached hydrogen (secondary N) is 1. The van der Waals surface area contributed by atoms with Crippen LogP contribution in [0, 0.1) is 0 Å². The Morgan fingerprint density at radius 3 is 2.53 bits per heavy atom. The van der Waals surface area contributed by atoms with Crippen LogP contribution in [0.3, 0.4) is 0 Å². The number of carbonyl (C=O) groups excluding carboxylic acids is 2. The topological polar surface area (TPSA) is 81.4 Å². The highest BCUT2D eigenvalue weighted by molar-refractivity contribution is 5.87. The molecule has 0 aromatic heterocycles. The molecule has 2 atom stereocenters. The Morgan fingerprint density at radius 1 is 1.32 bits per heavy atom. The molecule has 104 valence electrons. The molecule has 0 saturated carbocycles. The van der Waals surface area contributed by atoms with Crippen molar-refractivity contribution in [3.8, 4) is 0 Å². The quantitative estimate of drug-likeness (QED) is 0.738. The minimum Gasteiger partial charge on any atom is -0.467 e. The largest absolute Gasteiger partial charge is 0.467 e. The monoisotopic (exact) mass is 264 g/mol. The van der Waals surface area contributed by atoms with Crippen LogP contribution in [0.1, 0.15) is 18.9 Å². The van der Waals surface area contributed by atoms with Crippen molar-refractivity contribution in [3.63, 3.8) is 0 Å². The Balaban J connectivity index is 2.39. The number of rotatable bonds is 6. The first-order chi connectivity index (χ1) is 9.04. The number of benzene rings is 1. The molecule has 1 aromatic carbocycles. The highest BCUT2D eigenvalue weighted by Crippen LogP contribution is 2.04. The molecular weight excluding hydrogens is 244 g/mol. The van der Waals surface area contributed by atoms with E-state index in [2.05, 4.69) is 10.1 Å². The van der Waals surface area contributed by atoms with Gasteiger partial charge in [-0.2, -0.15) is 0 Å². The van der Waals surface area contributed by atoms with E-state index >= 15 is 0 Å². The number of carbonyl (C=O) groups is 2. The van der Waals surface area contributed by atoms with Crippen LogP contribution in [0.25, 0.3) is 0 Å². The summed E-state index contributed by atoms with van der Waals surface area (Å²) in [6, 6.07) is 8.49. The molecule has 1 aromatic rings. The maximum atomic E-state index is 11.8. The van der Waals surface area contributed by atoms with Crippen molar-refractivity contribution in [2.45, 2.75) is 31.8 Å². The van der Waals surface area contributed by atoms with Gasteiger partial charge in [-0.25, -0.2) is 4.79 Å². The van der Waals surface area contributed by atoms with Crippen LogP contribution in [-0.2, 0) is 20.7 Å². The summed E-state index contributed by atoms with van der Waals surface area (Å²) in [5.41, 5.74) is 6.92. The van der Waals surface area contributed by atoms with E-state index in [1.807, 2.05) is 30.3 Å². The summed E-state index contributed by atoms with van der Waals surface area (Å²) < 4.78 is 4.53. The first-order valence-corrected chi connectivity index (χ1v) is 6.22. The molecule has 19 heavy (non-hydrogen) atoms. The number of hydrogen-bond donors (Lipinski definition) is 2. The first kappa shape index (κ1) is 15.2. The minimum absolute atomic E-state index is 0.339. The summed E-state index contributed by atoms with van der Waals surface area (Å²) in [6.45, 7) is 1.56. The van der Waals surface area contributed by atoms with Crippen LogP contribution < -0.4 is 11.1 Å². The van der Waals surface area contributed by atoms with E-state index < -0.39 is 18.1 Å². The predicted octanol–water partition coefficient (Wildman–Crippen LogP) is 0.624. The van der Waals surface area contributed by atoms with Crippen LogP contribution in [-0.4, -0.2) is 31.1 Å². The van der Waals surface area contributed by atoms with E-state index in [9.17, 15) is 9.59 Å². The Labute approximate surface area is 113 Å². The second kappa shape index (κ2) is 7.53. The van der Waals surface area contributed by atoms with Gasteiger partial charge in [0, 0.05) is 0 Å². The van der Waals surface area contributed by atoms with Crippen LogP contribution in [0.5, 0.6) is 0 Å². The van der Waals surface area contributed by atoms with Crippen molar-refractivity contribution in [1.29, 1.82) is 0 Å². The van der Waals surface area contributed by atoms with E-state index in [0.717, 1.165) is 12.0 Å². The molecule has 0 aliphatic heterocycles. The van der Waals surface area contributed by atoms with Crippen LogP contribution in [0.15, 0.2) is 30.3 Å². The number of methoxy groups -OCH3 is 1. The highest BCUT2D eigenvalue weighted by atomic mass is 16.5. The zero-order chi connectivity index (χ0) is 14.3. The molecule has 5 heteroatoms. The number of aryl methyl sites for hydroxylation is 1. The number of hydrogen-bond acceptors (Lipinski definition) is 4. The van der Waals surface area contributed by atoms with Gasteiger partial charge in [0.15, 0.2) is 0 Å². The van der Waals surface area contributed by atoms with Gasteiger partial charge in [-0.05, 0) is 25.3 Å². The summed E-state index contributed by atoms with van der Waals surface area (Å²) >= 11 is 0. The van der Waals surface area contributed by atoms with Gasteiger partial charge >= 0.3 is 5.97 Å². The summed E-state index contributed by atoms with van der Waals surface area (Å²) in [5, 5.41) is 2.53. The van der Waals surface area contributed by atoms with E-state index in [1.165, 1.54) is 7.11 Å². The third-order valence-electron chi connectivity index (χ3n) is 2.84. The fraction of sp³-hybridized carbons (Fsp3) is 0.429. The molecule has 0 bridgehead atoms. The van der Waals surface area contributed by atoms with E-state index in [0.29, 0.717) is 6.42 Å². The zero-order valence-corrected chi connectivity index (χ0v) is 11.3. The van der Waals surface area contributed by atoms with Crippen molar-refractivity contribution >= 4 is 11.9 Å². The van der Waals surface area contributed by atoms with Gasteiger partial charge in [-0.1, -0.05) is 30.3 Å². The molecule has 1 rings (SSSR count). The predicted molar refractivity (Wildman–Crippen MR) is 72.4 cm³/mol. The van der Waals surface area contributed by atoms with Crippen molar-refractivity contribution < 1.29 is 14.3 Å². The summed E-state index contributed by atoms with van der Waals surface area (Å²) in [7, 11) is 1.28. The number of nitrogens with two attached hydrogens (primary N) is 1. The summed E-state index contributed by atoms with van der Waals surface area (Å²) in [6.07, 6.45) is 1.26. The average Bonchev–Trinajstić information content (AvgIpc) is 2.44. The molecule has 3 N–H and O–H groups in total. The highest BCUT2D eigenvalue weighted by Gasteiger charge is 2.20. The van der Waals surface area contributed by atoms with E-state index in [1.54, 1.807) is 6.92 Å². The van der Waals surface area contributed by atoms with E-state index in [-0.39, 0.29) is 5.91 Å². The first-order valence-electron chi connectivity index (χ1n) is 6.22. The fourth-order valence-electron chi connectivity index (χ4n) is 1.65. The second-order valence-corrected chi connectivity index (χ2v) is 4.38. The minimum atomic E-state index is -0.680. The smallest absolute Gasteiger partial charge is 0.328 e. The Hall–Kier alpha value is -1.88. The molecule has 1 amide bonds. The molecular formula is C14H20N2O3. The molecule has 0 fully saturated rings. The number of ether oxygens (including phenoxy) is 1. The number of amides is 1. The molecule has 1 unspecified atom stereocenters. The average molecular weight is 264 g/mol. The molecule has 0 radical (unpaired) electrons. The van der Waals surface area contributed by atoms with Crippen LogP contribution >= 0.6 is 0 Å². The Kier molecular flexibility index (Phi) is 6.02. The normalized spacial score (nSPS) is 13.4. The Morgan fingerprint density at radius 2 is 1.95 bits per heavy atom. The van der Waals surface area contributed by atoms with Gasteiger partial charge in [0.1, 0.15) is 6.04 Å². The molecule has 0 spiro atoms. The zero-order valence-electron chi connectivity index (χ0n) is 11.3. The maximum absolute atomic E-state index is 11.8. The van der Waals surface area contributed by atoms with Gasteiger partial charge in [0.25, 0.3) is 0 Å². The van der Waals surface area contributed by atoms with Crippen molar-refractivity contribution in [2.75, 3.05) is 7.11 Å².